The molecule has 9 heteroatoms. The lowest BCUT2D eigenvalue weighted by Crippen LogP contribution is -2.33. The number of pyridine rings is 1. The van der Waals surface area contributed by atoms with Crippen LogP contribution in [0, 0.1) is 10.1 Å². The van der Waals surface area contributed by atoms with E-state index in [0.29, 0.717) is 0 Å². The van der Waals surface area contributed by atoms with Gasteiger partial charge in [0.25, 0.3) is 0 Å². The second kappa shape index (κ2) is 5.85. The van der Waals surface area contributed by atoms with Gasteiger partial charge in [-0.15, -0.1) is 0 Å². The first-order chi connectivity index (χ1) is 8.00. The number of nitro groups is 1. The van der Waals surface area contributed by atoms with E-state index in [9.17, 15) is 14.9 Å². The Balaban J connectivity index is 2.65. The molecule has 0 bridgehead atoms. The van der Waals surface area contributed by atoms with E-state index in [-0.39, 0.29) is 29.7 Å². The first-order valence-corrected chi connectivity index (χ1v) is 4.96. The molecule has 0 radical (unpaired) electrons. The lowest BCUT2D eigenvalue weighted by molar-refractivity contribution is -0.384. The summed E-state index contributed by atoms with van der Waals surface area (Å²) in [6.45, 7) is 0.470. The zero-order chi connectivity index (χ0) is 12.8. The number of rotatable bonds is 5. The number of carbonyl (C=O) groups excluding carboxylic acids is 1. The van der Waals surface area contributed by atoms with Crippen LogP contribution in [0.3, 0.4) is 0 Å². The Morgan fingerprint density at radius 1 is 1.53 bits per heavy atom. The fourth-order valence-corrected chi connectivity index (χ4v) is 1.22. The predicted octanol–water partition coefficient (Wildman–Crippen LogP) is 0.723. The molecule has 92 valence electrons. The minimum atomic E-state index is -0.666. The van der Waals surface area contributed by atoms with Gasteiger partial charge in [-0.25, -0.2) is 9.78 Å². The minimum absolute atomic E-state index is 0.0498. The molecule has 0 fully saturated rings. The van der Waals surface area contributed by atoms with Gasteiger partial charge in [-0.3, -0.25) is 10.1 Å². The van der Waals surface area contributed by atoms with Crippen molar-refractivity contribution in [1.82, 2.24) is 10.3 Å². The maximum Gasteiger partial charge on any atom is 0.312 e. The third kappa shape index (κ3) is 4.11. The molecule has 0 aromatic carbocycles. The molecule has 1 aromatic heterocycles. The van der Waals surface area contributed by atoms with E-state index in [4.69, 9.17) is 17.3 Å². The average Bonchev–Trinajstić information content (AvgIpc) is 2.23. The van der Waals surface area contributed by atoms with E-state index in [1.807, 2.05) is 0 Å². The van der Waals surface area contributed by atoms with Gasteiger partial charge in [0.05, 0.1) is 4.92 Å². The number of amides is 2. The van der Waals surface area contributed by atoms with Crippen molar-refractivity contribution in [2.24, 2.45) is 5.73 Å². The molecule has 8 nitrogen and oxygen atoms in total. The number of nitrogens with zero attached hydrogens (tertiary/aromatic N) is 2. The van der Waals surface area contributed by atoms with Crippen LogP contribution in [0.25, 0.3) is 0 Å². The lowest BCUT2D eigenvalue weighted by Gasteiger charge is -2.06. The van der Waals surface area contributed by atoms with Crippen molar-refractivity contribution in [3.8, 4) is 0 Å². The van der Waals surface area contributed by atoms with Gasteiger partial charge in [0.1, 0.15) is 5.15 Å². The van der Waals surface area contributed by atoms with Gasteiger partial charge in [0, 0.05) is 19.2 Å². The summed E-state index contributed by atoms with van der Waals surface area (Å²) < 4.78 is 0. The van der Waals surface area contributed by atoms with Crippen LogP contribution < -0.4 is 16.4 Å². The number of nitrogens with one attached hydrogen (secondary N) is 2. The summed E-state index contributed by atoms with van der Waals surface area (Å²) in [6.07, 6.45) is 0. The standard InChI is InChI=1S/C8H10ClN5O3/c9-6-2-1-5(14(16)17)7(13-6)11-3-4-12-8(10)15/h1-2H,3-4H2,(H,11,13)(H3,10,12,15). The summed E-state index contributed by atoms with van der Waals surface area (Å²) in [5, 5.41) is 15.8. The highest BCUT2D eigenvalue weighted by Gasteiger charge is 2.14. The summed E-state index contributed by atoms with van der Waals surface area (Å²) in [6, 6.07) is 1.91. The summed E-state index contributed by atoms with van der Waals surface area (Å²) in [7, 11) is 0. The molecule has 0 spiro atoms. The highest BCUT2D eigenvalue weighted by atomic mass is 35.5. The highest BCUT2D eigenvalue weighted by Crippen LogP contribution is 2.23. The average molecular weight is 260 g/mol. The molecular weight excluding hydrogens is 250 g/mol. The Labute approximate surface area is 101 Å². The fraction of sp³-hybridized carbons (Fsp3) is 0.250. The van der Waals surface area contributed by atoms with Crippen LogP contribution >= 0.6 is 11.6 Å². The molecule has 4 N–H and O–H groups in total. The molecule has 1 rings (SSSR count). The van der Waals surface area contributed by atoms with E-state index >= 15 is 0 Å². The van der Waals surface area contributed by atoms with Gasteiger partial charge in [-0.2, -0.15) is 0 Å². The second-order valence-corrected chi connectivity index (χ2v) is 3.36. The first kappa shape index (κ1) is 13.0. The van der Waals surface area contributed by atoms with Gasteiger partial charge in [0.15, 0.2) is 0 Å². The number of hydrogen-bond donors (Lipinski definition) is 3. The Kier molecular flexibility index (Phi) is 4.46. The molecule has 0 saturated carbocycles. The van der Waals surface area contributed by atoms with Gasteiger partial charge >= 0.3 is 11.7 Å². The van der Waals surface area contributed by atoms with Crippen molar-refractivity contribution < 1.29 is 9.72 Å². The van der Waals surface area contributed by atoms with Crippen LogP contribution in [0.1, 0.15) is 0 Å². The number of urea groups is 1. The molecule has 0 saturated heterocycles. The molecule has 0 aliphatic heterocycles. The van der Waals surface area contributed by atoms with Crippen molar-refractivity contribution in [3.05, 3.63) is 27.4 Å². The summed E-state index contributed by atoms with van der Waals surface area (Å²) in [4.78, 5) is 24.2. The maximum atomic E-state index is 10.7. The number of aromatic nitrogens is 1. The summed E-state index contributed by atoms with van der Waals surface area (Å²) in [5.41, 5.74) is 4.66. The third-order valence-corrected chi connectivity index (χ3v) is 1.96. The van der Waals surface area contributed by atoms with Crippen LogP contribution in [-0.2, 0) is 0 Å². The number of nitrogens with two attached hydrogens (primary N) is 1. The number of primary amides is 1. The van der Waals surface area contributed by atoms with Crippen molar-refractivity contribution in [1.29, 1.82) is 0 Å². The fourth-order valence-electron chi connectivity index (χ4n) is 1.07. The van der Waals surface area contributed by atoms with Gasteiger partial charge in [-0.1, -0.05) is 11.6 Å². The molecular formula is C8H10ClN5O3. The SMILES string of the molecule is NC(=O)NCCNc1nc(Cl)ccc1[N+](=O)[O-]. The molecule has 1 heterocycles. The number of carbonyl (C=O) groups is 1. The van der Waals surface area contributed by atoms with Gasteiger partial charge < -0.3 is 16.4 Å². The molecule has 0 unspecified atom stereocenters. The van der Waals surface area contributed by atoms with Crippen LogP contribution in [-0.4, -0.2) is 29.0 Å². The first-order valence-electron chi connectivity index (χ1n) is 4.59. The van der Waals surface area contributed by atoms with Crippen LogP contribution in [0.4, 0.5) is 16.3 Å². The maximum absolute atomic E-state index is 10.7. The number of anilines is 1. The van der Waals surface area contributed by atoms with Gasteiger partial charge in [0.2, 0.25) is 5.82 Å². The van der Waals surface area contributed by atoms with E-state index in [2.05, 4.69) is 15.6 Å². The monoisotopic (exact) mass is 259 g/mol. The largest absolute Gasteiger partial charge is 0.363 e. The quantitative estimate of drug-likeness (QED) is 0.311. The molecule has 0 aliphatic carbocycles. The highest BCUT2D eigenvalue weighted by molar-refractivity contribution is 6.29. The van der Waals surface area contributed by atoms with Crippen molar-refractivity contribution in [2.75, 3.05) is 18.4 Å². The summed E-state index contributed by atoms with van der Waals surface area (Å²) in [5.74, 6) is 0.0498. The molecule has 0 aliphatic rings. The Hall–Kier alpha value is -2.09. The Morgan fingerprint density at radius 2 is 2.24 bits per heavy atom. The topological polar surface area (TPSA) is 123 Å². The smallest absolute Gasteiger partial charge is 0.312 e. The normalized spacial score (nSPS) is 9.71. The van der Waals surface area contributed by atoms with Crippen LogP contribution in [0.5, 0.6) is 0 Å². The van der Waals surface area contributed by atoms with Crippen molar-refractivity contribution in [2.45, 2.75) is 0 Å². The van der Waals surface area contributed by atoms with Gasteiger partial charge in [-0.05, 0) is 6.07 Å². The predicted molar refractivity (Wildman–Crippen MR) is 62.0 cm³/mol. The Morgan fingerprint density at radius 3 is 2.82 bits per heavy atom. The van der Waals surface area contributed by atoms with E-state index in [0.717, 1.165) is 0 Å². The molecule has 17 heavy (non-hydrogen) atoms. The van der Waals surface area contributed by atoms with Crippen molar-refractivity contribution >= 4 is 29.1 Å². The van der Waals surface area contributed by atoms with Crippen LogP contribution in [0.15, 0.2) is 12.1 Å². The molecule has 2 amide bonds. The van der Waals surface area contributed by atoms with Crippen molar-refractivity contribution in [3.63, 3.8) is 0 Å². The zero-order valence-electron chi connectivity index (χ0n) is 8.64. The van der Waals surface area contributed by atoms with E-state index in [1.165, 1.54) is 12.1 Å². The Bertz CT molecular complexity index is 439. The molecule has 0 atom stereocenters. The van der Waals surface area contributed by atoms with Crippen LogP contribution in [0.2, 0.25) is 5.15 Å². The zero-order valence-corrected chi connectivity index (χ0v) is 9.40. The lowest BCUT2D eigenvalue weighted by atomic mass is 10.4. The summed E-state index contributed by atoms with van der Waals surface area (Å²) >= 11 is 5.62. The number of hydrogen-bond acceptors (Lipinski definition) is 5. The second-order valence-electron chi connectivity index (χ2n) is 2.98. The van der Waals surface area contributed by atoms with E-state index in [1.54, 1.807) is 0 Å². The number of halogens is 1. The third-order valence-electron chi connectivity index (χ3n) is 1.75. The molecule has 1 aromatic rings. The van der Waals surface area contributed by atoms with E-state index < -0.39 is 11.0 Å². The minimum Gasteiger partial charge on any atom is -0.363 e.